The molecule has 88 valence electrons. The molecule has 4 nitrogen and oxygen atoms in total. The molecule has 0 unspecified atom stereocenters. The second kappa shape index (κ2) is 2.83. The number of nitrogens with zero attached hydrogens (tertiary/aromatic N) is 4. The third-order valence-electron chi connectivity index (χ3n) is 4.21. The number of aromatic nitrogens is 4. The highest BCUT2D eigenvalue weighted by atomic mass is 32.2. The van der Waals surface area contributed by atoms with E-state index in [4.69, 9.17) is 0 Å². The third-order valence-corrected chi connectivity index (χ3v) is 4.76. The molecule has 3 aliphatic rings. The molecule has 2 aromatic rings. The van der Waals surface area contributed by atoms with Crippen LogP contribution < -0.4 is 0 Å². The van der Waals surface area contributed by atoms with Gasteiger partial charge in [0.1, 0.15) is 11.3 Å². The Morgan fingerprint density at radius 3 is 2.59 bits per heavy atom. The van der Waals surface area contributed by atoms with Crippen molar-refractivity contribution in [3.63, 3.8) is 0 Å². The second-order valence-corrected chi connectivity index (χ2v) is 6.56. The van der Waals surface area contributed by atoms with Gasteiger partial charge in [-0.25, -0.2) is 14.5 Å². The summed E-state index contributed by atoms with van der Waals surface area (Å²) < 4.78 is 2.00. The van der Waals surface area contributed by atoms with Gasteiger partial charge in [-0.05, 0) is 30.9 Å². The van der Waals surface area contributed by atoms with Crippen LogP contribution in [-0.2, 0) is 5.41 Å². The van der Waals surface area contributed by atoms with Crippen LogP contribution in [0, 0.1) is 5.41 Å². The molecule has 0 saturated heterocycles. The summed E-state index contributed by atoms with van der Waals surface area (Å²) in [6.45, 7) is 2.37. The molecular formula is C12H14N4S. The lowest BCUT2D eigenvalue weighted by Crippen LogP contribution is -2.63. The first kappa shape index (κ1) is 9.88. The largest absolute Gasteiger partial charge is 0.238 e. The molecule has 3 aliphatic carbocycles. The maximum atomic E-state index is 4.58. The predicted octanol–water partition coefficient (Wildman–Crippen LogP) is 2.29. The molecule has 5 rings (SSSR count). The van der Waals surface area contributed by atoms with Gasteiger partial charge in [0.15, 0.2) is 0 Å². The minimum absolute atomic E-state index is 0.325. The molecule has 5 heteroatoms. The number of imidazole rings is 1. The third kappa shape index (κ3) is 1.13. The molecule has 17 heavy (non-hydrogen) atoms. The Kier molecular flexibility index (Phi) is 1.64. The summed E-state index contributed by atoms with van der Waals surface area (Å²) in [4.78, 5) is 8.87. The SMILES string of the molecule is CSc1ncc2cnc(C34CC(C)(C3)C4)n2n1. The standard InChI is InChI=1S/C12H14N4S/c1-11-5-12(6-11,7-11)9-13-3-8-4-14-10(17-2)15-16(8)9/h3-4H,5-7H2,1-2H3. The number of hydrogen-bond acceptors (Lipinski definition) is 4. The van der Waals surface area contributed by atoms with Crippen molar-refractivity contribution < 1.29 is 0 Å². The van der Waals surface area contributed by atoms with E-state index >= 15 is 0 Å². The molecule has 0 amide bonds. The molecule has 2 heterocycles. The van der Waals surface area contributed by atoms with E-state index in [1.54, 1.807) is 11.8 Å². The Labute approximate surface area is 104 Å². The number of hydrogen-bond donors (Lipinski definition) is 0. The first-order valence-corrected chi connectivity index (χ1v) is 7.12. The molecule has 0 aliphatic heterocycles. The van der Waals surface area contributed by atoms with Crippen LogP contribution in [-0.4, -0.2) is 25.8 Å². The average Bonchev–Trinajstić information content (AvgIpc) is 2.66. The second-order valence-electron chi connectivity index (χ2n) is 5.78. The first-order valence-electron chi connectivity index (χ1n) is 5.90. The summed E-state index contributed by atoms with van der Waals surface area (Å²) in [7, 11) is 0. The molecular weight excluding hydrogens is 232 g/mol. The molecule has 3 fully saturated rings. The van der Waals surface area contributed by atoms with E-state index < -0.39 is 0 Å². The fraction of sp³-hybridized carbons (Fsp3) is 0.583. The highest BCUT2D eigenvalue weighted by Gasteiger charge is 2.67. The summed E-state index contributed by atoms with van der Waals surface area (Å²) in [6, 6.07) is 0. The van der Waals surface area contributed by atoms with Crippen molar-refractivity contribution in [2.45, 2.75) is 36.8 Å². The van der Waals surface area contributed by atoms with Gasteiger partial charge in [-0.3, -0.25) is 0 Å². The molecule has 0 radical (unpaired) electrons. The van der Waals surface area contributed by atoms with Crippen LogP contribution in [0.2, 0.25) is 0 Å². The van der Waals surface area contributed by atoms with Crippen molar-refractivity contribution in [2.24, 2.45) is 5.41 Å². The zero-order valence-corrected chi connectivity index (χ0v) is 10.8. The van der Waals surface area contributed by atoms with Gasteiger partial charge >= 0.3 is 0 Å². The molecule has 0 N–H and O–H groups in total. The van der Waals surface area contributed by atoms with Gasteiger partial charge in [-0.2, -0.15) is 0 Å². The Morgan fingerprint density at radius 2 is 1.94 bits per heavy atom. The molecule has 0 atom stereocenters. The van der Waals surface area contributed by atoms with E-state index in [2.05, 4.69) is 22.0 Å². The summed E-state index contributed by atoms with van der Waals surface area (Å²) >= 11 is 1.57. The van der Waals surface area contributed by atoms with Crippen LogP contribution in [0.5, 0.6) is 0 Å². The van der Waals surface area contributed by atoms with Gasteiger partial charge in [0.05, 0.1) is 12.4 Å². The van der Waals surface area contributed by atoms with Crippen LogP contribution in [0.3, 0.4) is 0 Å². The maximum Gasteiger partial charge on any atom is 0.207 e. The van der Waals surface area contributed by atoms with Crippen molar-refractivity contribution in [1.82, 2.24) is 19.6 Å². The lowest BCUT2D eigenvalue weighted by Gasteiger charge is -2.68. The fourth-order valence-corrected chi connectivity index (χ4v) is 4.09. The average molecular weight is 246 g/mol. The van der Waals surface area contributed by atoms with Gasteiger partial charge in [-0.1, -0.05) is 18.7 Å². The molecule has 0 aromatic carbocycles. The zero-order valence-electron chi connectivity index (χ0n) is 9.97. The van der Waals surface area contributed by atoms with Crippen LogP contribution >= 0.6 is 11.8 Å². The minimum atomic E-state index is 0.325. The molecule has 2 bridgehead atoms. The normalized spacial score (nSPS) is 34.5. The maximum absolute atomic E-state index is 4.58. The molecule has 3 saturated carbocycles. The topological polar surface area (TPSA) is 43.1 Å². The number of rotatable bonds is 2. The van der Waals surface area contributed by atoms with E-state index in [0.29, 0.717) is 10.8 Å². The monoisotopic (exact) mass is 246 g/mol. The van der Waals surface area contributed by atoms with E-state index in [1.165, 1.54) is 19.3 Å². The van der Waals surface area contributed by atoms with E-state index in [0.717, 1.165) is 16.5 Å². The lowest BCUT2D eigenvalue weighted by molar-refractivity contribution is -0.131. The molecule has 0 spiro atoms. The Balaban J connectivity index is 1.86. The van der Waals surface area contributed by atoms with Gasteiger partial charge in [0, 0.05) is 5.41 Å². The Morgan fingerprint density at radius 1 is 1.24 bits per heavy atom. The number of thioether (sulfide) groups is 1. The predicted molar refractivity (Wildman–Crippen MR) is 66.2 cm³/mol. The van der Waals surface area contributed by atoms with Gasteiger partial charge in [0.2, 0.25) is 5.16 Å². The fourth-order valence-electron chi connectivity index (χ4n) is 3.77. The minimum Gasteiger partial charge on any atom is -0.238 e. The van der Waals surface area contributed by atoms with Crippen molar-refractivity contribution in [3.05, 3.63) is 18.2 Å². The first-order chi connectivity index (χ1) is 8.14. The highest BCUT2D eigenvalue weighted by Crippen LogP contribution is 2.72. The molecule has 2 aromatic heterocycles. The van der Waals surface area contributed by atoms with Crippen molar-refractivity contribution >= 4 is 17.3 Å². The van der Waals surface area contributed by atoms with Crippen molar-refractivity contribution in [2.75, 3.05) is 6.26 Å². The van der Waals surface area contributed by atoms with E-state index in [9.17, 15) is 0 Å². The van der Waals surface area contributed by atoms with Crippen LogP contribution in [0.15, 0.2) is 17.6 Å². The smallest absolute Gasteiger partial charge is 0.207 e. The van der Waals surface area contributed by atoms with Crippen molar-refractivity contribution in [1.29, 1.82) is 0 Å². The quantitative estimate of drug-likeness (QED) is 0.763. The van der Waals surface area contributed by atoms with E-state index in [-0.39, 0.29) is 0 Å². The summed E-state index contributed by atoms with van der Waals surface area (Å²) in [6.07, 6.45) is 9.58. The lowest BCUT2D eigenvalue weighted by atomic mass is 9.35. The summed E-state index contributed by atoms with van der Waals surface area (Å²) in [5, 5.41) is 5.37. The van der Waals surface area contributed by atoms with Gasteiger partial charge in [0.25, 0.3) is 0 Å². The van der Waals surface area contributed by atoms with Gasteiger partial charge < -0.3 is 0 Å². The Hall–Kier alpha value is -1.10. The van der Waals surface area contributed by atoms with E-state index in [1.807, 2.05) is 23.2 Å². The zero-order chi connectivity index (χ0) is 11.7. The summed E-state index contributed by atoms with van der Waals surface area (Å²) in [5.74, 6) is 1.15. The summed E-state index contributed by atoms with van der Waals surface area (Å²) in [5.41, 5.74) is 1.93. The van der Waals surface area contributed by atoms with Crippen LogP contribution in [0.1, 0.15) is 32.0 Å². The van der Waals surface area contributed by atoms with Gasteiger partial charge in [-0.15, -0.1) is 5.10 Å². The highest BCUT2D eigenvalue weighted by molar-refractivity contribution is 7.98. The van der Waals surface area contributed by atoms with Crippen LogP contribution in [0.25, 0.3) is 5.52 Å². The van der Waals surface area contributed by atoms with Crippen LogP contribution in [0.4, 0.5) is 0 Å². The Bertz CT molecular complexity index is 598. The van der Waals surface area contributed by atoms with Crippen molar-refractivity contribution in [3.8, 4) is 0 Å². The number of fused-ring (bicyclic) bond motifs is 1.